The second-order valence-electron chi connectivity index (χ2n) is 11.3. The lowest BCUT2D eigenvalue weighted by Gasteiger charge is -2.30. The van der Waals surface area contributed by atoms with Crippen LogP contribution in [0.5, 0.6) is 5.75 Å². The van der Waals surface area contributed by atoms with Crippen LogP contribution in [0.3, 0.4) is 0 Å². The van der Waals surface area contributed by atoms with Crippen molar-refractivity contribution in [3.63, 3.8) is 0 Å². The van der Waals surface area contributed by atoms with Crippen LogP contribution >= 0.6 is 12.2 Å². The summed E-state index contributed by atoms with van der Waals surface area (Å²) in [4.78, 5) is 24.4. The molecule has 39 heavy (non-hydrogen) atoms. The number of aromatic hydroxyl groups is 1. The van der Waals surface area contributed by atoms with E-state index in [0.29, 0.717) is 51.6 Å². The number of aromatic carboxylic acids is 1. The summed E-state index contributed by atoms with van der Waals surface area (Å²) in [7, 11) is 0. The molecule has 0 fully saturated rings. The number of carbonyl (C=O) groups is 1. The van der Waals surface area contributed by atoms with Gasteiger partial charge in [-0.2, -0.15) is 0 Å². The number of hydrogen-bond donors (Lipinski definition) is 4. The van der Waals surface area contributed by atoms with Crippen molar-refractivity contribution in [2.75, 3.05) is 18.5 Å². The Morgan fingerprint density at radius 3 is 2.41 bits per heavy atom. The van der Waals surface area contributed by atoms with E-state index >= 15 is 0 Å². The molecule has 8 nitrogen and oxygen atoms in total. The highest BCUT2D eigenvalue weighted by Gasteiger charge is 2.24. The molecule has 204 valence electrons. The number of carboxylic acids is 1. The molecule has 1 aliphatic carbocycles. The van der Waals surface area contributed by atoms with Crippen LogP contribution in [-0.4, -0.2) is 40.0 Å². The zero-order valence-electron chi connectivity index (χ0n) is 22.5. The van der Waals surface area contributed by atoms with Gasteiger partial charge in [0.2, 0.25) is 0 Å². The molecule has 1 aliphatic heterocycles. The van der Waals surface area contributed by atoms with Crippen molar-refractivity contribution >= 4 is 40.0 Å². The molecule has 9 heteroatoms. The summed E-state index contributed by atoms with van der Waals surface area (Å²) in [5, 5.41) is 27.3. The van der Waals surface area contributed by atoms with Gasteiger partial charge in [-0.3, -0.25) is 4.79 Å². The molecular formula is C30H32N2O6S. The van der Waals surface area contributed by atoms with Crippen molar-refractivity contribution < 1.29 is 24.2 Å². The second-order valence-corrected chi connectivity index (χ2v) is 11.7. The average molecular weight is 549 g/mol. The van der Waals surface area contributed by atoms with Gasteiger partial charge in [0.25, 0.3) is 0 Å². The quantitative estimate of drug-likeness (QED) is 0.160. The van der Waals surface area contributed by atoms with Gasteiger partial charge in [0.15, 0.2) is 10.5 Å². The summed E-state index contributed by atoms with van der Waals surface area (Å²) >= 11 is 5.46. The Kier molecular flexibility index (Phi) is 7.68. The van der Waals surface area contributed by atoms with E-state index in [2.05, 4.69) is 31.4 Å². The Hall–Kier alpha value is -3.95. The largest absolute Gasteiger partial charge is 0.508 e. The maximum Gasteiger partial charge on any atom is 0.336 e. The fraction of sp³-hybridized carbons (Fsp3) is 0.300. The Bertz CT molecular complexity index is 1580. The summed E-state index contributed by atoms with van der Waals surface area (Å²) in [6, 6.07) is 13.9. The third kappa shape index (κ3) is 6.74. The Morgan fingerprint density at radius 1 is 1.00 bits per heavy atom. The number of rotatable bonds is 7. The molecular weight excluding hydrogens is 516 g/mol. The van der Waals surface area contributed by atoms with Crippen LogP contribution in [0.15, 0.2) is 63.8 Å². The van der Waals surface area contributed by atoms with E-state index in [0.717, 1.165) is 0 Å². The molecule has 0 aromatic heterocycles. The number of ether oxygens (including phenoxy) is 1. The van der Waals surface area contributed by atoms with Crippen molar-refractivity contribution in [3.8, 4) is 28.2 Å². The molecule has 4 rings (SSSR count). The smallest absolute Gasteiger partial charge is 0.336 e. The van der Waals surface area contributed by atoms with E-state index in [1.165, 1.54) is 30.3 Å². The minimum Gasteiger partial charge on any atom is -0.508 e. The van der Waals surface area contributed by atoms with Crippen LogP contribution in [0.2, 0.25) is 0 Å². The first-order valence-electron chi connectivity index (χ1n) is 12.5. The van der Waals surface area contributed by atoms with E-state index in [1.807, 2.05) is 13.8 Å². The predicted molar refractivity (Wildman–Crippen MR) is 157 cm³/mol. The Balaban J connectivity index is 1.66. The Morgan fingerprint density at radius 2 is 1.72 bits per heavy atom. The van der Waals surface area contributed by atoms with Crippen LogP contribution < -0.4 is 16.1 Å². The summed E-state index contributed by atoms with van der Waals surface area (Å²) in [5.74, 6) is -0.859. The second kappa shape index (κ2) is 10.7. The van der Waals surface area contributed by atoms with Gasteiger partial charge in [-0.1, -0.05) is 26.8 Å². The average Bonchev–Trinajstić information content (AvgIpc) is 2.84. The van der Waals surface area contributed by atoms with Gasteiger partial charge in [-0.25, -0.2) is 4.79 Å². The molecule has 2 aromatic rings. The van der Waals surface area contributed by atoms with Gasteiger partial charge >= 0.3 is 5.97 Å². The van der Waals surface area contributed by atoms with Crippen LogP contribution in [-0.2, 0) is 4.74 Å². The number of fused-ring (bicyclic) bond motifs is 2. The van der Waals surface area contributed by atoms with Gasteiger partial charge in [-0.15, -0.1) is 0 Å². The van der Waals surface area contributed by atoms with Gasteiger partial charge < -0.3 is 30.0 Å². The lowest BCUT2D eigenvalue weighted by Crippen LogP contribution is -2.43. The zero-order valence-corrected chi connectivity index (χ0v) is 23.4. The van der Waals surface area contributed by atoms with Gasteiger partial charge in [0.1, 0.15) is 17.1 Å². The fourth-order valence-electron chi connectivity index (χ4n) is 4.10. The number of hydrogen-bond acceptors (Lipinski definition) is 6. The highest BCUT2D eigenvalue weighted by Crippen LogP contribution is 2.42. The van der Waals surface area contributed by atoms with E-state index < -0.39 is 11.6 Å². The number of anilines is 1. The monoisotopic (exact) mass is 548 g/mol. The van der Waals surface area contributed by atoms with Crippen molar-refractivity contribution in [1.82, 2.24) is 5.32 Å². The van der Waals surface area contributed by atoms with Crippen LogP contribution in [0.25, 0.3) is 33.4 Å². The molecule has 0 spiro atoms. The molecule has 2 aromatic carbocycles. The van der Waals surface area contributed by atoms with E-state index in [1.54, 1.807) is 24.3 Å². The highest BCUT2D eigenvalue weighted by atomic mass is 32.1. The first-order chi connectivity index (χ1) is 18.2. The van der Waals surface area contributed by atoms with E-state index in [-0.39, 0.29) is 27.9 Å². The number of phenolic OH excluding ortho intramolecular Hbond substituents is 1. The molecule has 2 aliphatic rings. The molecule has 0 unspecified atom stereocenters. The summed E-state index contributed by atoms with van der Waals surface area (Å²) < 4.78 is 11.9. The van der Waals surface area contributed by atoms with Crippen molar-refractivity contribution in [3.05, 3.63) is 70.4 Å². The molecule has 0 saturated carbocycles. The lowest BCUT2D eigenvalue weighted by atomic mass is 9.90. The summed E-state index contributed by atoms with van der Waals surface area (Å²) in [6.45, 7) is 11.3. The maximum atomic E-state index is 12.4. The molecule has 0 radical (unpaired) electrons. The van der Waals surface area contributed by atoms with Crippen LogP contribution in [0.4, 0.5) is 5.69 Å². The van der Waals surface area contributed by atoms with Crippen molar-refractivity contribution in [1.29, 1.82) is 0 Å². The topological polar surface area (TPSA) is 121 Å². The number of benzene rings is 3. The normalized spacial score (nSPS) is 12.0. The third-order valence-corrected chi connectivity index (χ3v) is 6.27. The predicted octanol–water partition coefficient (Wildman–Crippen LogP) is 6.10. The van der Waals surface area contributed by atoms with Gasteiger partial charge in [-0.05, 0) is 73.4 Å². The molecule has 0 bridgehead atoms. The molecule has 0 amide bonds. The third-order valence-electron chi connectivity index (χ3n) is 6.02. The number of phenols is 1. The number of nitrogens with one attached hydrogen (secondary N) is 2. The van der Waals surface area contributed by atoms with E-state index in [9.17, 15) is 19.8 Å². The lowest BCUT2D eigenvalue weighted by molar-refractivity contribution is -0.0466. The molecule has 4 N–H and O–H groups in total. The summed E-state index contributed by atoms with van der Waals surface area (Å²) in [5.41, 5.74) is 1.75. The van der Waals surface area contributed by atoms with Crippen molar-refractivity contribution in [2.45, 2.75) is 40.2 Å². The number of thiocarbonyl (C=S) groups is 1. The number of carboxylic acid groups (broad SMARTS) is 1. The minimum absolute atomic E-state index is 0.0131. The van der Waals surface area contributed by atoms with E-state index in [4.69, 9.17) is 21.4 Å². The van der Waals surface area contributed by atoms with Gasteiger partial charge in [0, 0.05) is 40.9 Å². The SMILES string of the molecule is CC(C)(C)COC(C)(C)CNC(=S)Nc1ccc(-c2c3ccc(=O)cc-3oc3cc(O)ccc23)c(C(=O)O)c1. The standard InChI is InChI=1S/C30H32N2O6S/c1-29(2,3)16-37-30(4,5)15-31-28(39)32-17-6-9-20(23(12-17)27(35)36)26-21-10-7-18(33)13-24(21)38-25-14-19(34)8-11-22(25)26/h6-14,33H,15-16H2,1-5H3,(H,35,36)(H2,31,32,39). The van der Waals surface area contributed by atoms with Crippen molar-refractivity contribution in [2.24, 2.45) is 5.41 Å². The molecule has 0 saturated heterocycles. The molecule has 1 heterocycles. The first kappa shape index (κ1) is 28.1. The Labute approximate surface area is 232 Å². The first-order valence-corrected chi connectivity index (χ1v) is 12.9. The minimum atomic E-state index is -1.13. The fourth-order valence-corrected chi connectivity index (χ4v) is 4.29. The summed E-state index contributed by atoms with van der Waals surface area (Å²) in [6.07, 6.45) is 0. The van der Waals surface area contributed by atoms with Gasteiger partial charge in [0.05, 0.1) is 17.8 Å². The zero-order chi connectivity index (χ0) is 28.5. The molecule has 0 atom stereocenters. The van der Waals surface area contributed by atoms with Crippen LogP contribution in [0.1, 0.15) is 45.0 Å². The van der Waals surface area contributed by atoms with Crippen LogP contribution in [0, 0.1) is 5.41 Å². The highest BCUT2D eigenvalue weighted by molar-refractivity contribution is 7.80. The maximum absolute atomic E-state index is 12.4.